The van der Waals surface area contributed by atoms with E-state index in [1.807, 2.05) is 0 Å². The van der Waals surface area contributed by atoms with Crippen LogP contribution in [0.5, 0.6) is 0 Å². The first-order valence-corrected chi connectivity index (χ1v) is 6.93. The van der Waals surface area contributed by atoms with E-state index in [9.17, 15) is 17.2 Å². The van der Waals surface area contributed by atoms with Crippen molar-refractivity contribution in [2.75, 3.05) is 19.7 Å². The van der Waals surface area contributed by atoms with E-state index in [-0.39, 0.29) is 26.1 Å². The van der Waals surface area contributed by atoms with Gasteiger partial charge in [0.05, 0.1) is 4.90 Å². The summed E-state index contributed by atoms with van der Waals surface area (Å²) in [4.78, 5) is -0.417. The average Bonchev–Trinajstić information content (AvgIpc) is 2.28. The van der Waals surface area contributed by atoms with Crippen LogP contribution in [-0.2, 0) is 10.0 Å². The fourth-order valence-corrected chi connectivity index (χ4v) is 3.05. The van der Waals surface area contributed by atoms with Crippen molar-refractivity contribution in [1.82, 2.24) is 4.31 Å². The molecule has 1 N–H and O–H groups in total. The Labute approximate surface area is 105 Å². The Morgan fingerprint density at radius 1 is 1.22 bits per heavy atom. The lowest BCUT2D eigenvalue weighted by Gasteiger charge is -2.20. The van der Waals surface area contributed by atoms with Gasteiger partial charge in [-0.15, -0.1) is 0 Å². The van der Waals surface area contributed by atoms with Gasteiger partial charge in [-0.05, 0) is 18.6 Å². The van der Waals surface area contributed by atoms with E-state index in [1.54, 1.807) is 6.92 Å². The quantitative estimate of drug-likeness (QED) is 0.855. The van der Waals surface area contributed by atoms with Gasteiger partial charge in [-0.2, -0.15) is 4.31 Å². The molecule has 0 heterocycles. The Hall–Kier alpha value is -1.05. The second kappa shape index (κ2) is 6.21. The molecule has 0 radical (unpaired) electrons. The molecule has 0 saturated carbocycles. The van der Waals surface area contributed by atoms with Gasteiger partial charge in [0.15, 0.2) is 0 Å². The number of hydrogen-bond donors (Lipinski definition) is 1. The summed E-state index contributed by atoms with van der Waals surface area (Å²) in [7, 11) is -3.93. The minimum absolute atomic E-state index is 0.105. The van der Waals surface area contributed by atoms with E-state index < -0.39 is 26.6 Å². The molecule has 0 bridgehead atoms. The predicted octanol–water partition coefficient (Wildman–Crippen LogP) is 1.36. The van der Waals surface area contributed by atoms with Crippen LogP contribution in [0.2, 0.25) is 0 Å². The summed E-state index contributed by atoms with van der Waals surface area (Å²) in [6.07, 6.45) is 0.269. The molecule has 0 unspecified atom stereocenters. The van der Waals surface area contributed by atoms with Gasteiger partial charge in [0.2, 0.25) is 10.0 Å². The van der Waals surface area contributed by atoms with Gasteiger partial charge in [-0.25, -0.2) is 17.2 Å². The maximum atomic E-state index is 13.0. The van der Waals surface area contributed by atoms with Crippen LogP contribution in [0.25, 0.3) is 0 Å². The van der Waals surface area contributed by atoms with Gasteiger partial charge in [-0.3, -0.25) is 0 Å². The number of aliphatic hydroxyl groups is 1. The molecule has 1 aromatic carbocycles. The highest BCUT2D eigenvalue weighted by Gasteiger charge is 2.23. The molecule has 0 amide bonds. The Morgan fingerprint density at radius 3 is 2.22 bits per heavy atom. The lowest BCUT2D eigenvalue weighted by Crippen LogP contribution is -2.32. The standard InChI is InChI=1S/C11H15F2NO3S/c1-2-14(4-3-5-15)18(16,17)11-7-9(12)6-10(13)8-11/h6-8,15H,2-5H2,1H3. The average molecular weight is 279 g/mol. The molecular formula is C11H15F2NO3S. The third kappa shape index (κ3) is 3.47. The largest absolute Gasteiger partial charge is 0.396 e. The fraction of sp³-hybridized carbons (Fsp3) is 0.455. The Kier molecular flexibility index (Phi) is 5.18. The van der Waals surface area contributed by atoms with Gasteiger partial charge < -0.3 is 5.11 Å². The molecule has 0 aliphatic heterocycles. The minimum atomic E-state index is -3.93. The van der Waals surface area contributed by atoms with Crippen molar-refractivity contribution in [1.29, 1.82) is 0 Å². The number of sulfonamides is 1. The molecule has 18 heavy (non-hydrogen) atoms. The Morgan fingerprint density at radius 2 is 1.78 bits per heavy atom. The molecule has 0 atom stereocenters. The molecule has 102 valence electrons. The first kappa shape index (κ1) is 15.0. The summed E-state index contributed by atoms with van der Waals surface area (Å²) in [6, 6.07) is 2.17. The van der Waals surface area contributed by atoms with Crippen molar-refractivity contribution in [2.45, 2.75) is 18.2 Å². The summed E-state index contributed by atoms with van der Waals surface area (Å²) in [6.45, 7) is 1.74. The van der Waals surface area contributed by atoms with Crippen molar-refractivity contribution in [3.63, 3.8) is 0 Å². The number of halogens is 2. The molecule has 0 fully saturated rings. The topological polar surface area (TPSA) is 57.6 Å². The molecule has 0 aromatic heterocycles. The van der Waals surface area contributed by atoms with E-state index >= 15 is 0 Å². The highest BCUT2D eigenvalue weighted by molar-refractivity contribution is 7.89. The number of hydrogen-bond acceptors (Lipinski definition) is 3. The van der Waals surface area contributed by atoms with E-state index in [4.69, 9.17) is 5.11 Å². The van der Waals surface area contributed by atoms with Crippen molar-refractivity contribution in [3.05, 3.63) is 29.8 Å². The van der Waals surface area contributed by atoms with Crippen LogP contribution in [0.3, 0.4) is 0 Å². The third-order valence-electron chi connectivity index (χ3n) is 2.39. The second-order valence-electron chi connectivity index (χ2n) is 3.68. The van der Waals surface area contributed by atoms with E-state index in [1.165, 1.54) is 0 Å². The van der Waals surface area contributed by atoms with Crippen LogP contribution in [0.4, 0.5) is 8.78 Å². The van der Waals surface area contributed by atoms with Crippen molar-refractivity contribution in [2.24, 2.45) is 0 Å². The zero-order valence-corrected chi connectivity index (χ0v) is 10.8. The summed E-state index contributed by atoms with van der Waals surface area (Å²) in [5.74, 6) is -1.88. The SMILES string of the molecule is CCN(CCCO)S(=O)(=O)c1cc(F)cc(F)c1. The second-order valence-corrected chi connectivity index (χ2v) is 5.62. The predicted molar refractivity (Wildman–Crippen MR) is 62.5 cm³/mol. The van der Waals surface area contributed by atoms with E-state index in [2.05, 4.69) is 0 Å². The molecular weight excluding hydrogens is 264 g/mol. The molecule has 4 nitrogen and oxygen atoms in total. The minimum Gasteiger partial charge on any atom is -0.396 e. The number of benzene rings is 1. The molecule has 1 rings (SSSR count). The van der Waals surface area contributed by atoms with Crippen LogP contribution in [0.1, 0.15) is 13.3 Å². The molecule has 0 aliphatic rings. The Balaban J connectivity index is 3.10. The van der Waals surface area contributed by atoms with Crippen LogP contribution in [0, 0.1) is 11.6 Å². The molecule has 7 heteroatoms. The smallest absolute Gasteiger partial charge is 0.243 e. The molecule has 0 saturated heterocycles. The zero-order chi connectivity index (χ0) is 13.8. The first-order valence-electron chi connectivity index (χ1n) is 5.49. The highest BCUT2D eigenvalue weighted by Crippen LogP contribution is 2.18. The number of rotatable bonds is 6. The summed E-state index contributed by atoms with van der Waals surface area (Å²) >= 11 is 0. The Bertz CT molecular complexity index is 485. The van der Waals surface area contributed by atoms with Crippen LogP contribution < -0.4 is 0 Å². The highest BCUT2D eigenvalue weighted by atomic mass is 32.2. The lowest BCUT2D eigenvalue weighted by atomic mass is 10.3. The van der Waals surface area contributed by atoms with E-state index in [0.29, 0.717) is 6.07 Å². The molecule has 0 spiro atoms. The van der Waals surface area contributed by atoms with Crippen molar-refractivity contribution in [3.8, 4) is 0 Å². The van der Waals surface area contributed by atoms with Crippen LogP contribution in [-0.4, -0.2) is 37.5 Å². The maximum Gasteiger partial charge on any atom is 0.243 e. The van der Waals surface area contributed by atoms with Gasteiger partial charge in [-0.1, -0.05) is 6.92 Å². The molecule has 1 aromatic rings. The van der Waals surface area contributed by atoms with Crippen LogP contribution >= 0.6 is 0 Å². The van der Waals surface area contributed by atoms with Gasteiger partial charge in [0.25, 0.3) is 0 Å². The van der Waals surface area contributed by atoms with Crippen molar-refractivity contribution >= 4 is 10.0 Å². The number of aliphatic hydroxyl groups excluding tert-OH is 1. The van der Waals surface area contributed by atoms with Gasteiger partial charge in [0.1, 0.15) is 11.6 Å². The first-order chi connectivity index (χ1) is 8.41. The maximum absolute atomic E-state index is 13.0. The molecule has 0 aliphatic carbocycles. The lowest BCUT2D eigenvalue weighted by molar-refractivity contribution is 0.271. The summed E-state index contributed by atoms with van der Waals surface area (Å²) < 4.78 is 51.3. The van der Waals surface area contributed by atoms with Gasteiger partial charge in [0, 0.05) is 25.8 Å². The summed E-state index contributed by atoms with van der Waals surface area (Å²) in [5, 5.41) is 8.69. The fourth-order valence-electron chi connectivity index (χ4n) is 1.52. The monoisotopic (exact) mass is 279 g/mol. The van der Waals surface area contributed by atoms with Gasteiger partial charge >= 0.3 is 0 Å². The number of nitrogens with zero attached hydrogens (tertiary/aromatic N) is 1. The normalized spacial score (nSPS) is 12.1. The van der Waals surface area contributed by atoms with Crippen molar-refractivity contribution < 1.29 is 22.3 Å². The van der Waals surface area contributed by atoms with Crippen LogP contribution in [0.15, 0.2) is 23.1 Å². The zero-order valence-electron chi connectivity index (χ0n) is 9.94. The third-order valence-corrected chi connectivity index (χ3v) is 4.34. The van der Waals surface area contributed by atoms with E-state index in [0.717, 1.165) is 16.4 Å². The summed E-state index contributed by atoms with van der Waals surface area (Å²) in [5.41, 5.74) is 0.